The van der Waals surface area contributed by atoms with E-state index in [1.54, 1.807) is 30.6 Å². The van der Waals surface area contributed by atoms with E-state index in [2.05, 4.69) is 20.7 Å². The van der Waals surface area contributed by atoms with Gasteiger partial charge in [-0.3, -0.25) is 9.78 Å². The maximum Gasteiger partial charge on any atom is 0.274 e. The molecule has 104 valence electrons. The Hall–Kier alpha value is -2.99. The van der Waals surface area contributed by atoms with Crippen LogP contribution in [0.15, 0.2) is 54.9 Å². The first-order valence-electron chi connectivity index (χ1n) is 6.36. The Morgan fingerprint density at radius 1 is 1.10 bits per heavy atom. The summed E-state index contributed by atoms with van der Waals surface area (Å²) >= 11 is 0. The summed E-state index contributed by atoms with van der Waals surface area (Å²) in [4.78, 5) is 20.5. The highest BCUT2D eigenvalue weighted by Gasteiger charge is 2.10. The van der Waals surface area contributed by atoms with Crippen LogP contribution >= 0.6 is 0 Å². The number of nitrogens with one attached hydrogen (secondary N) is 2. The van der Waals surface area contributed by atoms with E-state index in [1.165, 1.54) is 0 Å². The van der Waals surface area contributed by atoms with Crippen molar-refractivity contribution in [3.63, 3.8) is 0 Å². The fourth-order valence-electron chi connectivity index (χ4n) is 2.05. The van der Waals surface area contributed by atoms with E-state index in [1.807, 2.05) is 24.3 Å². The van der Waals surface area contributed by atoms with Gasteiger partial charge >= 0.3 is 0 Å². The van der Waals surface area contributed by atoms with E-state index < -0.39 is 0 Å². The number of anilines is 2. The molecule has 21 heavy (non-hydrogen) atoms. The molecule has 0 fully saturated rings. The third-order valence-corrected chi connectivity index (χ3v) is 3.06. The quantitative estimate of drug-likeness (QED) is 0.504. The second kappa shape index (κ2) is 5.56. The van der Waals surface area contributed by atoms with Crippen molar-refractivity contribution in [3.05, 3.63) is 60.6 Å². The highest BCUT2D eigenvalue weighted by atomic mass is 16.1. The first kappa shape index (κ1) is 13.0. The number of nitrogens with two attached hydrogens (primary N) is 1. The van der Waals surface area contributed by atoms with Crippen molar-refractivity contribution in [3.8, 4) is 0 Å². The second-order valence-electron chi connectivity index (χ2n) is 4.41. The van der Waals surface area contributed by atoms with Gasteiger partial charge in [-0.1, -0.05) is 18.2 Å². The highest BCUT2D eigenvalue weighted by Crippen LogP contribution is 2.22. The number of rotatable bonds is 3. The number of carbonyl (C=O) groups excluding carboxylic acids is 1. The molecule has 4 N–H and O–H groups in total. The van der Waals surface area contributed by atoms with Crippen LogP contribution in [0.2, 0.25) is 0 Å². The molecule has 0 bridgehead atoms. The van der Waals surface area contributed by atoms with Crippen molar-refractivity contribution in [1.29, 1.82) is 0 Å². The minimum absolute atomic E-state index is 0.284. The fraction of sp³-hybridized carbons (Fsp3) is 0. The van der Waals surface area contributed by atoms with Gasteiger partial charge in [0.05, 0.1) is 5.69 Å². The average molecular weight is 279 g/mol. The van der Waals surface area contributed by atoms with Crippen molar-refractivity contribution in [1.82, 2.24) is 9.97 Å². The number of pyridine rings is 2. The van der Waals surface area contributed by atoms with Gasteiger partial charge in [-0.2, -0.15) is 0 Å². The van der Waals surface area contributed by atoms with Crippen molar-refractivity contribution >= 4 is 28.2 Å². The van der Waals surface area contributed by atoms with Crippen LogP contribution in [-0.2, 0) is 0 Å². The van der Waals surface area contributed by atoms with Crippen molar-refractivity contribution in [2.75, 3.05) is 10.7 Å². The summed E-state index contributed by atoms with van der Waals surface area (Å²) in [5, 5.41) is 4.73. The lowest BCUT2D eigenvalue weighted by molar-refractivity contribution is 0.102. The SMILES string of the molecule is NNc1cccc(C(=O)Nc2cccc3ccncc23)n1. The topological polar surface area (TPSA) is 92.9 Å². The Morgan fingerprint density at radius 2 is 1.95 bits per heavy atom. The number of fused-ring (bicyclic) bond motifs is 1. The second-order valence-corrected chi connectivity index (χ2v) is 4.41. The van der Waals surface area contributed by atoms with Crippen LogP contribution in [0.3, 0.4) is 0 Å². The highest BCUT2D eigenvalue weighted by molar-refractivity contribution is 6.08. The van der Waals surface area contributed by atoms with E-state index in [4.69, 9.17) is 5.84 Å². The Balaban J connectivity index is 1.93. The van der Waals surface area contributed by atoms with Crippen LogP contribution in [-0.4, -0.2) is 15.9 Å². The van der Waals surface area contributed by atoms with Crippen LogP contribution in [0.25, 0.3) is 10.8 Å². The summed E-state index contributed by atoms with van der Waals surface area (Å²) < 4.78 is 0. The Morgan fingerprint density at radius 3 is 2.81 bits per heavy atom. The molecule has 0 spiro atoms. The number of carbonyl (C=O) groups is 1. The van der Waals surface area contributed by atoms with E-state index in [0.29, 0.717) is 11.5 Å². The molecule has 0 saturated carbocycles. The summed E-state index contributed by atoms with van der Waals surface area (Å²) in [7, 11) is 0. The molecule has 0 unspecified atom stereocenters. The first-order valence-corrected chi connectivity index (χ1v) is 6.36. The van der Waals surface area contributed by atoms with Gasteiger partial charge in [-0.25, -0.2) is 10.8 Å². The third kappa shape index (κ3) is 2.65. The molecule has 6 nitrogen and oxygen atoms in total. The largest absolute Gasteiger partial charge is 0.320 e. The number of hydrazine groups is 1. The molecule has 3 aromatic rings. The predicted molar refractivity (Wildman–Crippen MR) is 81.7 cm³/mol. The van der Waals surface area contributed by atoms with Crippen LogP contribution in [0.5, 0.6) is 0 Å². The number of nitrogen functional groups attached to an aromatic ring is 1. The molecular weight excluding hydrogens is 266 g/mol. The number of benzene rings is 1. The normalized spacial score (nSPS) is 10.3. The summed E-state index contributed by atoms with van der Waals surface area (Å²) in [6, 6.07) is 12.6. The molecule has 3 rings (SSSR count). The molecule has 0 atom stereocenters. The summed E-state index contributed by atoms with van der Waals surface area (Å²) in [6.07, 6.45) is 3.43. The predicted octanol–water partition coefficient (Wildman–Crippen LogP) is 2.17. The van der Waals surface area contributed by atoms with Gasteiger partial charge in [0.25, 0.3) is 5.91 Å². The van der Waals surface area contributed by atoms with Crippen molar-refractivity contribution in [2.45, 2.75) is 0 Å². The van der Waals surface area contributed by atoms with E-state index in [0.717, 1.165) is 10.8 Å². The van der Waals surface area contributed by atoms with Crippen LogP contribution < -0.4 is 16.6 Å². The lowest BCUT2D eigenvalue weighted by Crippen LogP contribution is -2.16. The Kier molecular flexibility index (Phi) is 3.44. The number of hydrogen-bond acceptors (Lipinski definition) is 5. The smallest absolute Gasteiger partial charge is 0.274 e. The Bertz CT molecular complexity index is 797. The lowest BCUT2D eigenvalue weighted by atomic mass is 10.1. The summed E-state index contributed by atoms with van der Waals surface area (Å²) in [6.45, 7) is 0. The van der Waals surface area contributed by atoms with Crippen LogP contribution in [0.1, 0.15) is 10.5 Å². The standard InChI is InChI=1S/C15H13N5O/c16-20-14-6-2-5-13(18-14)15(21)19-12-4-1-3-10-7-8-17-9-11(10)12/h1-9H,16H2,(H,18,20)(H,19,21). The molecule has 0 radical (unpaired) electrons. The van der Waals surface area contributed by atoms with Crippen LogP contribution in [0.4, 0.5) is 11.5 Å². The van der Waals surface area contributed by atoms with Crippen LogP contribution in [0, 0.1) is 0 Å². The number of hydrogen-bond donors (Lipinski definition) is 3. The maximum absolute atomic E-state index is 12.3. The molecule has 0 aliphatic heterocycles. The van der Waals surface area contributed by atoms with Gasteiger partial charge in [0, 0.05) is 17.8 Å². The van der Waals surface area contributed by atoms with Crippen molar-refractivity contribution < 1.29 is 4.79 Å². The molecule has 1 amide bonds. The third-order valence-electron chi connectivity index (χ3n) is 3.06. The summed E-state index contributed by atoms with van der Waals surface area (Å²) in [5.74, 6) is 5.42. The van der Waals surface area contributed by atoms with E-state index in [9.17, 15) is 4.79 Å². The Labute approximate surface area is 121 Å². The molecule has 0 aliphatic carbocycles. The van der Waals surface area contributed by atoms with Gasteiger partial charge in [0.1, 0.15) is 11.5 Å². The van der Waals surface area contributed by atoms with Gasteiger partial charge in [-0.05, 0) is 29.7 Å². The zero-order valence-electron chi connectivity index (χ0n) is 11.1. The monoisotopic (exact) mass is 279 g/mol. The zero-order chi connectivity index (χ0) is 14.7. The van der Waals surface area contributed by atoms with Gasteiger partial charge in [-0.15, -0.1) is 0 Å². The molecule has 0 aliphatic rings. The van der Waals surface area contributed by atoms with Gasteiger partial charge in [0.2, 0.25) is 0 Å². The average Bonchev–Trinajstić information content (AvgIpc) is 2.55. The molecule has 2 aromatic heterocycles. The number of nitrogens with zero attached hydrogens (tertiary/aromatic N) is 2. The molecule has 6 heteroatoms. The number of aromatic nitrogens is 2. The fourth-order valence-corrected chi connectivity index (χ4v) is 2.05. The summed E-state index contributed by atoms with van der Waals surface area (Å²) in [5.41, 5.74) is 3.39. The van der Waals surface area contributed by atoms with Gasteiger partial charge < -0.3 is 10.7 Å². The molecule has 2 heterocycles. The molecule has 1 aromatic carbocycles. The van der Waals surface area contributed by atoms with E-state index >= 15 is 0 Å². The van der Waals surface area contributed by atoms with Gasteiger partial charge in [0.15, 0.2) is 0 Å². The van der Waals surface area contributed by atoms with Crippen molar-refractivity contribution in [2.24, 2.45) is 5.84 Å². The minimum atomic E-state index is -0.302. The maximum atomic E-state index is 12.3. The molecular formula is C15H13N5O. The minimum Gasteiger partial charge on any atom is -0.320 e. The molecule has 0 saturated heterocycles. The number of amides is 1. The zero-order valence-corrected chi connectivity index (χ0v) is 11.1. The lowest BCUT2D eigenvalue weighted by Gasteiger charge is -2.08. The van der Waals surface area contributed by atoms with E-state index in [-0.39, 0.29) is 11.6 Å². The first-order chi connectivity index (χ1) is 10.3.